The van der Waals surface area contributed by atoms with Gasteiger partial charge in [0.1, 0.15) is 11.5 Å². The molecule has 2 atom stereocenters. The van der Waals surface area contributed by atoms with Crippen molar-refractivity contribution in [1.29, 1.82) is 0 Å². The van der Waals surface area contributed by atoms with Gasteiger partial charge in [-0.25, -0.2) is 4.39 Å². The smallest absolute Gasteiger partial charge is 0.267 e. The van der Waals surface area contributed by atoms with E-state index in [0.717, 1.165) is 31.5 Å². The predicted octanol–water partition coefficient (Wildman–Crippen LogP) is 2.78. The van der Waals surface area contributed by atoms with Gasteiger partial charge >= 0.3 is 0 Å². The lowest BCUT2D eigenvalue weighted by Gasteiger charge is -2.37. The Kier molecular flexibility index (Phi) is 5.74. The van der Waals surface area contributed by atoms with Gasteiger partial charge in [-0.2, -0.15) is 0 Å². The molecule has 0 unspecified atom stereocenters. The van der Waals surface area contributed by atoms with E-state index in [1.165, 1.54) is 12.1 Å². The zero-order valence-corrected chi connectivity index (χ0v) is 15.3. The van der Waals surface area contributed by atoms with E-state index in [1.807, 2.05) is 23.7 Å². The van der Waals surface area contributed by atoms with E-state index in [2.05, 4.69) is 10.2 Å². The summed E-state index contributed by atoms with van der Waals surface area (Å²) < 4.78 is 15.0. The number of amides is 1. The lowest BCUT2D eigenvalue weighted by atomic mass is 9.98. The molecule has 1 aromatic carbocycles. The van der Waals surface area contributed by atoms with Crippen LogP contribution in [0.4, 0.5) is 4.39 Å². The van der Waals surface area contributed by atoms with E-state index >= 15 is 0 Å². The molecular weight excluding hydrogens is 333 g/mol. The number of nitrogens with one attached hydrogen (secondary N) is 1. The van der Waals surface area contributed by atoms with E-state index in [1.54, 1.807) is 19.2 Å². The lowest BCUT2D eigenvalue weighted by Crippen LogP contribution is -2.37. The average Bonchev–Trinajstić information content (AvgIpc) is 3.03. The van der Waals surface area contributed by atoms with Crippen LogP contribution in [-0.2, 0) is 7.05 Å². The van der Waals surface area contributed by atoms with Crippen molar-refractivity contribution in [2.24, 2.45) is 7.05 Å². The largest absolute Gasteiger partial charge is 0.387 e. The molecule has 2 aromatic rings. The first-order valence-electron chi connectivity index (χ1n) is 9.06. The molecule has 0 saturated carbocycles. The number of benzene rings is 1. The molecule has 1 saturated heterocycles. The van der Waals surface area contributed by atoms with Gasteiger partial charge in [0, 0.05) is 26.3 Å². The first-order chi connectivity index (χ1) is 12.5. The topological polar surface area (TPSA) is 57.5 Å². The fourth-order valence-electron chi connectivity index (χ4n) is 3.77. The second-order valence-electron chi connectivity index (χ2n) is 6.86. The van der Waals surface area contributed by atoms with Crippen LogP contribution in [0.15, 0.2) is 36.4 Å². The van der Waals surface area contributed by atoms with Crippen molar-refractivity contribution in [2.45, 2.75) is 31.4 Å². The molecule has 6 heteroatoms. The summed E-state index contributed by atoms with van der Waals surface area (Å²) in [7, 11) is 3.53. The van der Waals surface area contributed by atoms with Crippen LogP contribution in [-0.4, -0.2) is 40.6 Å². The molecule has 3 rings (SSSR count). The summed E-state index contributed by atoms with van der Waals surface area (Å²) in [6, 6.07) is 10.0. The lowest BCUT2D eigenvalue weighted by molar-refractivity contribution is 0.0640. The molecule has 1 aromatic heterocycles. The number of aromatic nitrogens is 1. The second kappa shape index (κ2) is 8.01. The summed E-state index contributed by atoms with van der Waals surface area (Å²) in [6.07, 6.45) is 2.52. The van der Waals surface area contributed by atoms with Gasteiger partial charge in [0.2, 0.25) is 0 Å². The third-order valence-corrected chi connectivity index (χ3v) is 5.24. The summed E-state index contributed by atoms with van der Waals surface area (Å²) in [5.74, 6) is -0.408. The van der Waals surface area contributed by atoms with Crippen LogP contribution in [0.5, 0.6) is 0 Å². The Bertz CT molecular complexity index is 757. The number of likely N-dealkylation sites (tertiary alicyclic amines) is 1. The maximum atomic E-state index is 13.1. The van der Waals surface area contributed by atoms with Gasteiger partial charge in [0.25, 0.3) is 5.91 Å². The highest BCUT2D eigenvalue weighted by Crippen LogP contribution is 2.33. The monoisotopic (exact) mass is 359 g/mol. The van der Waals surface area contributed by atoms with Crippen molar-refractivity contribution in [3.8, 4) is 0 Å². The Labute approximate surface area is 153 Å². The van der Waals surface area contributed by atoms with Crippen LogP contribution in [0.25, 0.3) is 0 Å². The summed E-state index contributed by atoms with van der Waals surface area (Å²) in [6.45, 7) is 1.38. The summed E-state index contributed by atoms with van der Waals surface area (Å²) >= 11 is 0. The predicted molar refractivity (Wildman–Crippen MR) is 98.3 cm³/mol. The minimum atomic E-state index is -0.671. The quantitative estimate of drug-likeness (QED) is 0.863. The standard InChI is InChI=1S/C20H26FN3O2/c1-22-20(26)18-11-10-16(23(18)2)17-5-3-4-12-24(17)13-19(25)14-6-8-15(21)9-7-14/h6-11,17,19,25H,3-5,12-13H2,1-2H3,(H,22,26)/t17-,19-/m1/s1. The molecule has 26 heavy (non-hydrogen) atoms. The number of aliphatic hydroxyl groups is 1. The summed E-state index contributed by atoms with van der Waals surface area (Å²) in [4.78, 5) is 14.3. The molecule has 1 aliphatic heterocycles. The van der Waals surface area contributed by atoms with Crippen LogP contribution < -0.4 is 5.32 Å². The van der Waals surface area contributed by atoms with Crippen molar-refractivity contribution in [2.75, 3.05) is 20.1 Å². The fourth-order valence-corrected chi connectivity index (χ4v) is 3.77. The molecule has 2 N–H and O–H groups in total. The van der Waals surface area contributed by atoms with Crippen molar-refractivity contribution in [3.63, 3.8) is 0 Å². The minimum absolute atomic E-state index is 0.104. The van der Waals surface area contributed by atoms with E-state index < -0.39 is 6.10 Å². The van der Waals surface area contributed by atoms with E-state index in [9.17, 15) is 14.3 Å². The summed E-state index contributed by atoms with van der Waals surface area (Å²) in [5, 5.41) is 13.3. The van der Waals surface area contributed by atoms with Gasteiger partial charge in [-0.3, -0.25) is 9.69 Å². The van der Waals surface area contributed by atoms with Crippen LogP contribution in [0, 0.1) is 5.82 Å². The minimum Gasteiger partial charge on any atom is -0.387 e. The Hall–Kier alpha value is -2.18. The number of carbonyl (C=O) groups is 1. The number of hydrogen-bond acceptors (Lipinski definition) is 3. The normalized spacial score (nSPS) is 19.3. The molecule has 0 aliphatic carbocycles. The van der Waals surface area contributed by atoms with E-state index in [0.29, 0.717) is 17.8 Å². The zero-order valence-electron chi connectivity index (χ0n) is 15.3. The maximum absolute atomic E-state index is 13.1. The van der Waals surface area contributed by atoms with Crippen molar-refractivity contribution < 1.29 is 14.3 Å². The molecule has 1 amide bonds. The van der Waals surface area contributed by atoms with Gasteiger partial charge < -0.3 is 15.0 Å². The van der Waals surface area contributed by atoms with Crippen molar-refractivity contribution in [1.82, 2.24) is 14.8 Å². The second-order valence-corrected chi connectivity index (χ2v) is 6.86. The van der Waals surface area contributed by atoms with Crippen molar-refractivity contribution >= 4 is 5.91 Å². The highest BCUT2D eigenvalue weighted by Gasteiger charge is 2.29. The molecule has 0 spiro atoms. The highest BCUT2D eigenvalue weighted by atomic mass is 19.1. The molecule has 5 nitrogen and oxygen atoms in total. The highest BCUT2D eigenvalue weighted by molar-refractivity contribution is 5.92. The van der Waals surface area contributed by atoms with Crippen LogP contribution >= 0.6 is 0 Å². The Morgan fingerprint density at radius 2 is 2.00 bits per heavy atom. The number of halogens is 1. The van der Waals surface area contributed by atoms with Gasteiger partial charge in [-0.05, 0) is 49.2 Å². The SMILES string of the molecule is CNC(=O)c1ccc([C@H]2CCCCN2C[C@@H](O)c2ccc(F)cc2)n1C. The van der Waals surface area contributed by atoms with Crippen LogP contribution in [0.3, 0.4) is 0 Å². The number of carbonyl (C=O) groups excluding carboxylic acids is 1. The molecule has 2 heterocycles. The summed E-state index contributed by atoms with van der Waals surface area (Å²) in [5.41, 5.74) is 2.43. The maximum Gasteiger partial charge on any atom is 0.267 e. The van der Waals surface area contributed by atoms with Gasteiger partial charge in [0.15, 0.2) is 0 Å². The Morgan fingerprint density at radius 1 is 1.27 bits per heavy atom. The fraction of sp³-hybridized carbons (Fsp3) is 0.450. The average molecular weight is 359 g/mol. The molecule has 0 radical (unpaired) electrons. The molecular formula is C20H26FN3O2. The number of nitrogens with zero attached hydrogens (tertiary/aromatic N) is 2. The first kappa shape index (κ1) is 18.6. The Balaban J connectivity index is 1.79. The first-order valence-corrected chi connectivity index (χ1v) is 9.06. The van der Waals surface area contributed by atoms with Crippen LogP contribution in [0.2, 0.25) is 0 Å². The Morgan fingerprint density at radius 3 is 2.69 bits per heavy atom. The van der Waals surface area contributed by atoms with E-state index in [4.69, 9.17) is 0 Å². The number of aliphatic hydroxyl groups excluding tert-OH is 1. The molecule has 1 aliphatic rings. The number of β-amino-alcohol motifs (C(OH)–C–C–N with tert-alkyl or cyclic N) is 1. The number of hydrogen-bond donors (Lipinski definition) is 2. The van der Waals surface area contributed by atoms with Gasteiger partial charge in [-0.1, -0.05) is 18.6 Å². The van der Waals surface area contributed by atoms with Crippen molar-refractivity contribution in [3.05, 3.63) is 59.2 Å². The zero-order chi connectivity index (χ0) is 18.7. The molecule has 140 valence electrons. The molecule has 1 fully saturated rings. The molecule has 0 bridgehead atoms. The van der Waals surface area contributed by atoms with E-state index in [-0.39, 0.29) is 17.8 Å². The third-order valence-electron chi connectivity index (χ3n) is 5.24. The van der Waals surface area contributed by atoms with Gasteiger partial charge in [0.05, 0.1) is 12.1 Å². The van der Waals surface area contributed by atoms with Gasteiger partial charge in [-0.15, -0.1) is 0 Å². The number of piperidine rings is 1. The third kappa shape index (κ3) is 3.81. The number of rotatable bonds is 5. The van der Waals surface area contributed by atoms with Crippen LogP contribution in [0.1, 0.15) is 53.2 Å².